The summed E-state index contributed by atoms with van der Waals surface area (Å²) in [5.41, 5.74) is 1.85. The van der Waals surface area contributed by atoms with E-state index in [4.69, 9.17) is 4.74 Å². The van der Waals surface area contributed by atoms with Gasteiger partial charge in [0.25, 0.3) is 0 Å². The molecule has 1 aromatic rings. The zero-order chi connectivity index (χ0) is 16.8. The molecule has 1 aliphatic rings. The highest BCUT2D eigenvalue weighted by molar-refractivity contribution is 7.99. The average molecular weight is 338 g/mol. The SMILES string of the molecule is Cc1cc(C)nc(SCC(=O)N[C@@H](C)[C@H](C)N2CCOCC2)n1. The monoisotopic (exact) mass is 338 g/mol. The predicted molar refractivity (Wildman–Crippen MR) is 91.7 cm³/mol. The molecule has 7 heteroatoms. The number of carbonyl (C=O) groups excluding carboxylic acids is 1. The number of thioether (sulfide) groups is 1. The molecule has 1 saturated heterocycles. The van der Waals surface area contributed by atoms with Crippen molar-refractivity contribution >= 4 is 17.7 Å². The molecule has 2 atom stereocenters. The van der Waals surface area contributed by atoms with E-state index < -0.39 is 0 Å². The number of nitrogens with one attached hydrogen (secondary N) is 1. The number of hydrogen-bond acceptors (Lipinski definition) is 6. The first kappa shape index (κ1) is 18.2. The maximum atomic E-state index is 12.2. The number of aromatic nitrogens is 2. The van der Waals surface area contributed by atoms with Crippen molar-refractivity contribution in [3.63, 3.8) is 0 Å². The van der Waals surface area contributed by atoms with E-state index in [1.165, 1.54) is 11.8 Å². The lowest BCUT2D eigenvalue weighted by molar-refractivity contribution is -0.119. The molecule has 0 unspecified atom stereocenters. The van der Waals surface area contributed by atoms with Crippen molar-refractivity contribution in [2.75, 3.05) is 32.1 Å². The maximum Gasteiger partial charge on any atom is 0.230 e. The maximum absolute atomic E-state index is 12.2. The van der Waals surface area contributed by atoms with Crippen LogP contribution in [-0.4, -0.2) is 64.9 Å². The molecule has 0 spiro atoms. The number of amides is 1. The van der Waals surface area contributed by atoms with Crippen LogP contribution in [0.5, 0.6) is 0 Å². The summed E-state index contributed by atoms with van der Waals surface area (Å²) in [6.45, 7) is 11.5. The Morgan fingerprint density at radius 1 is 1.30 bits per heavy atom. The third-order valence-corrected chi connectivity index (χ3v) is 4.88. The van der Waals surface area contributed by atoms with Crippen LogP contribution in [0.25, 0.3) is 0 Å². The fraction of sp³-hybridized carbons (Fsp3) is 0.688. The Balaban J connectivity index is 1.79. The molecule has 0 aliphatic carbocycles. The number of ether oxygens (including phenoxy) is 1. The molecular weight excluding hydrogens is 312 g/mol. The van der Waals surface area contributed by atoms with Gasteiger partial charge in [-0.15, -0.1) is 0 Å². The lowest BCUT2D eigenvalue weighted by Crippen LogP contribution is -2.52. The van der Waals surface area contributed by atoms with Crippen LogP contribution in [0, 0.1) is 13.8 Å². The summed E-state index contributed by atoms with van der Waals surface area (Å²) in [5, 5.41) is 3.74. The Labute approximate surface area is 142 Å². The summed E-state index contributed by atoms with van der Waals surface area (Å²) >= 11 is 1.38. The summed E-state index contributed by atoms with van der Waals surface area (Å²) in [7, 11) is 0. The van der Waals surface area contributed by atoms with Gasteiger partial charge >= 0.3 is 0 Å². The van der Waals surface area contributed by atoms with Gasteiger partial charge in [-0.05, 0) is 33.8 Å². The molecule has 2 rings (SSSR count). The second kappa shape index (κ2) is 8.61. The summed E-state index contributed by atoms with van der Waals surface area (Å²) in [6.07, 6.45) is 0. The normalized spacial score (nSPS) is 18.4. The molecule has 1 amide bonds. The number of morpholine rings is 1. The molecule has 1 N–H and O–H groups in total. The molecule has 1 aliphatic heterocycles. The van der Waals surface area contributed by atoms with Crippen molar-refractivity contribution in [2.24, 2.45) is 0 Å². The molecule has 0 radical (unpaired) electrons. The molecule has 1 aromatic heterocycles. The van der Waals surface area contributed by atoms with E-state index in [9.17, 15) is 4.79 Å². The van der Waals surface area contributed by atoms with Crippen LogP contribution in [0.1, 0.15) is 25.2 Å². The van der Waals surface area contributed by atoms with Crippen molar-refractivity contribution < 1.29 is 9.53 Å². The first-order valence-electron chi connectivity index (χ1n) is 8.02. The van der Waals surface area contributed by atoms with Crippen molar-refractivity contribution in [3.8, 4) is 0 Å². The molecule has 2 heterocycles. The highest BCUT2D eigenvalue weighted by Gasteiger charge is 2.23. The van der Waals surface area contributed by atoms with E-state index in [1.54, 1.807) is 0 Å². The first-order valence-corrected chi connectivity index (χ1v) is 9.00. The van der Waals surface area contributed by atoms with E-state index in [0.717, 1.165) is 37.7 Å². The molecule has 6 nitrogen and oxygen atoms in total. The van der Waals surface area contributed by atoms with Gasteiger partial charge in [-0.1, -0.05) is 11.8 Å². The Kier molecular flexibility index (Phi) is 6.80. The van der Waals surface area contributed by atoms with Crippen LogP contribution >= 0.6 is 11.8 Å². The lowest BCUT2D eigenvalue weighted by atomic mass is 10.1. The molecule has 0 bridgehead atoms. The minimum Gasteiger partial charge on any atom is -0.379 e. The topological polar surface area (TPSA) is 67.4 Å². The number of nitrogens with zero attached hydrogens (tertiary/aromatic N) is 3. The first-order chi connectivity index (χ1) is 11.0. The van der Waals surface area contributed by atoms with E-state index in [0.29, 0.717) is 17.0 Å². The lowest BCUT2D eigenvalue weighted by Gasteiger charge is -2.35. The second-order valence-corrected chi connectivity index (χ2v) is 6.91. The fourth-order valence-corrected chi connectivity index (χ4v) is 3.37. The Hall–Kier alpha value is -1.18. The van der Waals surface area contributed by atoms with Crippen LogP contribution in [0.15, 0.2) is 11.2 Å². The number of carbonyl (C=O) groups is 1. The van der Waals surface area contributed by atoms with Gasteiger partial charge in [0.1, 0.15) is 0 Å². The Bertz CT molecular complexity index is 515. The third kappa shape index (κ3) is 5.75. The summed E-state index contributed by atoms with van der Waals surface area (Å²) in [5.74, 6) is 0.355. The quantitative estimate of drug-likeness (QED) is 0.625. The third-order valence-electron chi connectivity index (χ3n) is 4.03. The molecule has 0 saturated carbocycles. The molecular formula is C16H26N4O2S. The Morgan fingerprint density at radius 3 is 2.52 bits per heavy atom. The highest BCUT2D eigenvalue weighted by atomic mass is 32.2. The van der Waals surface area contributed by atoms with E-state index in [2.05, 4.69) is 34.0 Å². The van der Waals surface area contributed by atoms with Crippen LogP contribution in [-0.2, 0) is 9.53 Å². The summed E-state index contributed by atoms with van der Waals surface area (Å²) in [4.78, 5) is 23.2. The van der Waals surface area contributed by atoms with Crippen molar-refractivity contribution in [2.45, 2.75) is 44.9 Å². The standard InChI is InChI=1S/C16H26N4O2S/c1-11-9-12(2)18-16(17-11)23-10-15(21)19-13(3)14(4)20-5-7-22-8-6-20/h9,13-14H,5-8,10H2,1-4H3,(H,19,21)/t13-,14-/m0/s1. The van der Waals surface area contributed by atoms with E-state index in [1.807, 2.05) is 19.9 Å². The van der Waals surface area contributed by atoms with Crippen molar-refractivity contribution in [1.82, 2.24) is 20.2 Å². The van der Waals surface area contributed by atoms with Crippen molar-refractivity contribution in [3.05, 3.63) is 17.5 Å². The predicted octanol–water partition coefficient (Wildman–Crippen LogP) is 1.41. The zero-order valence-electron chi connectivity index (χ0n) is 14.3. The number of rotatable bonds is 6. The molecule has 128 valence electrons. The van der Waals surface area contributed by atoms with Crippen LogP contribution < -0.4 is 5.32 Å². The van der Waals surface area contributed by atoms with Crippen LogP contribution in [0.3, 0.4) is 0 Å². The fourth-order valence-electron chi connectivity index (χ4n) is 2.61. The van der Waals surface area contributed by atoms with Gasteiger partial charge in [0.05, 0.1) is 19.0 Å². The average Bonchev–Trinajstić information content (AvgIpc) is 2.52. The van der Waals surface area contributed by atoms with E-state index in [-0.39, 0.29) is 11.9 Å². The Morgan fingerprint density at radius 2 is 1.91 bits per heavy atom. The molecule has 23 heavy (non-hydrogen) atoms. The van der Waals surface area contributed by atoms with Gasteiger partial charge in [-0.2, -0.15) is 0 Å². The van der Waals surface area contributed by atoms with Crippen LogP contribution in [0.4, 0.5) is 0 Å². The van der Waals surface area contributed by atoms with Gasteiger partial charge in [-0.3, -0.25) is 9.69 Å². The van der Waals surface area contributed by atoms with Gasteiger partial charge in [0.15, 0.2) is 5.16 Å². The zero-order valence-corrected chi connectivity index (χ0v) is 15.2. The summed E-state index contributed by atoms with van der Waals surface area (Å²) in [6, 6.07) is 2.32. The molecule has 1 fully saturated rings. The largest absolute Gasteiger partial charge is 0.379 e. The summed E-state index contributed by atoms with van der Waals surface area (Å²) < 4.78 is 5.37. The minimum absolute atomic E-state index is 0.0189. The minimum atomic E-state index is 0.0189. The smallest absolute Gasteiger partial charge is 0.230 e. The van der Waals surface area contributed by atoms with Gasteiger partial charge in [0, 0.05) is 36.6 Å². The van der Waals surface area contributed by atoms with Crippen molar-refractivity contribution in [1.29, 1.82) is 0 Å². The van der Waals surface area contributed by atoms with Gasteiger partial charge in [-0.25, -0.2) is 9.97 Å². The van der Waals surface area contributed by atoms with Gasteiger partial charge in [0.2, 0.25) is 5.91 Å². The number of hydrogen-bond donors (Lipinski definition) is 1. The van der Waals surface area contributed by atoms with Gasteiger partial charge < -0.3 is 10.1 Å². The second-order valence-electron chi connectivity index (χ2n) is 5.97. The molecule has 0 aromatic carbocycles. The van der Waals surface area contributed by atoms with E-state index >= 15 is 0 Å². The number of aryl methyl sites for hydroxylation is 2. The van der Waals surface area contributed by atoms with Crippen LogP contribution in [0.2, 0.25) is 0 Å². The highest BCUT2D eigenvalue weighted by Crippen LogP contribution is 2.14.